The molecule has 30 heavy (non-hydrogen) atoms. The van der Waals surface area contributed by atoms with Gasteiger partial charge >= 0.3 is 7.82 Å². The van der Waals surface area contributed by atoms with Gasteiger partial charge in [-0.2, -0.15) is 0 Å². The van der Waals surface area contributed by atoms with Crippen LogP contribution in [0, 0.1) is 20.2 Å². The molecule has 0 saturated carbocycles. The molecule has 168 valence electrons. The third kappa shape index (κ3) is 7.56. The van der Waals surface area contributed by atoms with E-state index in [9.17, 15) is 29.6 Å². The third-order valence-electron chi connectivity index (χ3n) is 3.77. The molecule has 0 bridgehead atoms. The van der Waals surface area contributed by atoms with E-state index in [4.69, 9.17) is 9.79 Å². The summed E-state index contributed by atoms with van der Waals surface area (Å²) >= 11 is 6.48. The quantitative estimate of drug-likeness (QED) is 0.162. The summed E-state index contributed by atoms with van der Waals surface area (Å²) in [6.45, 7) is -0.229. The van der Waals surface area contributed by atoms with Crippen LogP contribution in [0.1, 0.15) is 10.4 Å². The minimum atomic E-state index is -4.74. The number of amides is 1. The topological polar surface area (TPSA) is 177 Å². The largest absolute Gasteiger partial charge is 0.469 e. The molecule has 0 atom stereocenters. The summed E-state index contributed by atoms with van der Waals surface area (Å²) < 4.78 is 15.1. The van der Waals surface area contributed by atoms with Crippen molar-refractivity contribution in [1.82, 2.24) is 4.90 Å². The number of alkyl halides is 2. The van der Waals surface area contributed by atoms with Crippen LogP contribution in [0.25, 0.3) is 0 Å². The number of benzene rings is 1. The van der Waals surface area contributed by atoms with E-state index in [0.717, 1.165) is 17.0 Å². The van der Waals surface area contributed by atoms with E-state index in [0.29, 0.717) is 10.7 Å². The van der Waals surface area contributed by atoms with Gasteiger partial charge in [-0.15, -0.1) is 0 Å². The second kappa shape index (κ2) is 11.7. The van der Waals surface area contributed by atoms with E-state index in [1.165, 1.54) is 7.05 Å². The number of anilines is 1. The molecule has 1 aromatic rings. The highest BCUT2D eigenvalue weighted by molar-refractivity contribution is 9.09. The Morgan fingerprint density at radius 3 is 2.13 bits per heavy atom. The Morgan fingerprint density at radius 2 is 1.70 bits per heavy atom. The van der Waals surface area contributed by atoms with Crippen LogP contribution in [0.15, 0.2) is 12.1 Å². The molecule has 2 N–H and O–H groups in total. The zero-order valence-corrected chi connectivity index (χ0v) is 19.7. The van der Waals surface area contributed by atoms with Gasteiger partial charge in [-0.3, -0.25) is 29.5 Å². The number of nitrogens with zero attached hydrogens (tertiary/aromatic N) is 4. The van der Waals surface area contributed by atoms with Gasteiger partial charge in [0, 0.05) is 43.4 Å². The second-order valence-corrected chi connectivity index (χ2v) is 8.62. The monoisotopic (exact) mass is 576 g/mol. The van der Waals surface area contributed by atoms with Crippen LogP contribution in [0.2, 0.25) is 0 Å². The predicted octanol–water partition coefficient (Wildman–Crippen LogP) is 2.28. The second-order valence-electron chi connectivity index (χ2n) is 5.79. The molecule has 0 heterocycles. The number of non-ortho nitro benzene ring substituents is 1. The summed E-state index contributed by atoms with van der Waals surface area (Å²) in [4.78, 5) is 54.2. The number of hydrogen-bond acceptors (Lipinski definition) is 8. The number of carbonyl (C=O) groups excluding carboxylic acids is 1. The van der Waals surface area contributed by atoms with Crippen molar-refractivity contribution in [3.63, 3.8) is 0 Å². The lowest BCUT2D eigenvalue weighted by Gasteiger charge is -2.26. The van der Waals surface area contributed by atoms with Crippen LogP contribution < -0.4 is 4.90 Å². The first-order chi connectivity index (χ1) is 13.9. The van der Waals surface area contributed by atoms with E-state index in [1.807, 2.05) is 0 Å². The van der Waals surface area contributed by atoms with E-state index in [-0.39, 0.29) is 30.9 Å². The lowest BCUT2D eigenvalue weighted by molar-refractivity contribution is -0.393. The summed E-state index contributed by atoms with van der Waals surface area (Å²) in [5.41, 5.74) is -1.60. The van der Waals surface area contributed by atoms with Gasteiger partial charge in [0.25, 0.3) is 17.3 Å². The zero-order valence-electron chi connectivity index (χ0n) is 15.6. The molecular formula is C14H19Br2N4O9P. The van der Waals surface area contributed by atoms with Crippen molar-refractivity contribution < 1.29 is 33.5 Å². The van der Waals surface area contributed by atoms with Crippen LogP contribution in [-0.4, -0.2) is 74.4 Å². The number of phosphoric ester groups is 1. The SMILES string of the molecule is CN(CCOP(=O)(O)O)C(=O)c1cc([N+](=O)[O-])cc([N+](=O)[O-])c1N(CCBr)CCBr. The Balaban J connectivity index is 3.50. The molecule has 13 nitrogen and oxygen atoms in total. The summed E-state index contributed by atoms with van der Waals surface area (Å²) in [6, 6.07) is 1.74. The number of halogens is 2. The van der Waals surface area contributed by atoms with Crippen LogP contribution in [0.3, 0.4) is 0 Å². The van der Waals surface area contributed by atoms with Gasteiger partial charge in [-0.05, 0) is 0 Å². The average Bonchev–Trinajstić information content (AvgIpc) is 2.64. The molecule has 0 aliphatic carbocycles. The highest BCUT2D eigenvalue weighted by Crippen LogP contribution is 2.38. The zero-order chi connectivity index (χ0) is 23.1. The van der Waals surface area contributed by atoms with Gasteiger partial charge in [0.1, 0.15) is 5.69 Å². The van der Waals surface area contributed by atoms with Crippen molar-refractivity contribution in [3.05, 3.63) is 37.9 Å². The van der Waals surface area contributed by atoms with Crippen molar-refractivity contribution in [2.45, 2.75) is 0 Å². The van der Waals surface area contributed by atoms with E-state index in [2.05, 4.69) is 36.4 Å². The maximum atomic E-state index is 13.0. The number of hydrogen-bond donors (Lipinski definition) is 2. The first-order valence-corrected chi connectivity index (χ1v) is 12.0. The molecule has 0 aromatic heterocycles. The fourth-order valence-electron chi connectivity index (χ4n) is 2.49. The Bertz CT molecular complexity index is 845. The minimum absolute atomic E-state index is 0.0859. The molecule has 1 aromatic carbocycles. The smallest absolute Gasteiger partial charge is 0.364 e. The van der Waals surface area contributed by atoms with Gasteiger partial charge in [-0.25, -0.2) is 4.57 Å². The van der Waals surface area contributed by atoms with E-state index >= 15 is 0 Å². The Labute approximate surface area is 187 Å². The predicted molar refractivity (Wildman–Crippen MR) is 115 cm³/mol. The Morgan fingerprint density at radius 1 is 1.13 bits per heavy atom. The molecule has 1 amide bonds. The van der Waals surface area contributed by atoms with Gasteiger partial charge in [0.05, 0.1) is 28.1 Å². The average molecular weight is 578 g/mol. The van der Waals surface area contributed by atoms with Crippen LogP contribution >= 0.6 is 39.7 Å². The first kappa shape index (κ1) is 26.4. The maximum Gasteiger partial charge on any atom is 0.469 e. The van der Waals surface area contributed by atoms with Crippen LogP contribution in [0.4, 0.5) is 17.1 Å². The van der Waals surface area contributed by atoms with Crippen molar-refractivity contribution >= 4 is 62.7 Å². The Kier molecular flexibility index (Phi) is 10.3. The summed E-state index contributed by atoms with van der Waals surface area (Å²) in [6.07, 6.45) is 0. The fraction of sp³-hybridized carbons (Fsp3) is 0.500. The standard InChI is InChI=1S/C14H19Br2N4O9P/c1-17(6-7-29-30(26,27)28)14(21)11-8-10(19(22)23)9-12(20(24)25)13(11)18(4-2-15)5-3-16/h8-9H,2-7H2,1H3,(H2,26,27,28). The van der Waals surface area contributed by atoms with Crippen molar-refractivity contribution in [2.75, 3.05) is 48.8 Å². The van der Waals surface area contributed by atoms with E-state index < -0.39 is 41.6 Å². The maximum absolute atomic E-state index is 13.0. The molecule has 0 spiro atoms. The first-order valence-electron chi connectivity index (χ1n) is 8.22. The van der Waals surface area contributed by atoms with Gasteiger partial charge in [-0.1, -0.05) is 31.9 Å². The molecule has 0 aliphatic rings. The normalized spacial score (nSPS) is 11.2. The van der Waals surface area contributed by atoms with Crippen molar-refractivity contribution in [1.29, 1.82) is 0 Å². The van der Waals surface area contributed by atoms with Gasteiger partial charge < -0.3 is 19.6 Å². The number of likely N-dealkylation sites (N-methyl/N-ethyl adjacent to an activating group) is 1. The molecule has 0 unspecified atom stereocenters. The van der Waals surface area contributed by atoms with Crippen molar-refractivity contribution in [3.8, 4) is 0 Å². The molecule has 0 radical (unpaired) electrons. The van der Waals surface area contributed by atoms with Crippen LogP contribution in [0.5, 0.6) is 0 Å². The summed E-state index contributed by atoms with van der Waals surface area (Å²) in [5.74, 6) is -0.805. The highest BCUT2D eigenvalue weighted by atomic mass is 79.9. The molecule has 0 saturated heterocycles. The summed E-state index contributed by atoms with van der Waals surface area (Å²) in [5, 5.41) is 23.7. The van der Waals surface area contributed by atoms with Gasteiger partial charge in [0.2, 0.25) is 0 Å². The van der Waals surface area contributed by atoms with Gasteiger partial charge in [0.15, 0.2) is 0 Å². The van der Waals surface area contributed by atoms with E-state index in [1.54, 1.807) is 4.90 Å². The Hall–Kier alpha value is -1.64. The van der Waals surface area contributed by atoms with Crippen LogP contribution in [-0.2, 0) is 9.09 Å². The highest BCUT2D eigenvalue weighted by Gasteiger charge is 2.32. The third-order valence-corrected chi connectivity index (χ3v) is 5.00. The molecule has 16 heteroatoms. The molecular weight excluding hydrogens is 559 g/mol. The minimum Gasteiger partial charge on any atom is -0.364 e. The number of nitro groups is 2. The number of phosphoric acid groups is 1. The number of carbonyl (C=O) groups is 1. The van der Waals surface area contributed by atoms with Crippen molar-refractivity contribution in [2.24, 2.45) is 0 Å². The lowest BCUT2D eigenvalue weighted by atomic mass is 10.1. The fourth-order valence-corrected chi connectivity index (χ4v) is 3.66. The molecule has 0 aliphatic heterocycles. The lowest BCUT2D eigenvalue weighted by Crippen LogP contribution is -2.34. The molecule has 1 rings (SSSR count). The number of rotatable bonds is 12. The summed E-state index contributed by atoms with van der Waals surface area (Å²) in [7, 11) is -3.47. The molecule has 0 fully saturated rings. The number of nitro benzene ring substituents is 2.